The number of hydrogen-bond donors (Lipinski definition) is 2. The average Bonchev–Trinajstić information content (AvgIpc) is 3.52. The summed E-state index contributed by atoms with van der Waals surface area (Å²) in [7, 11) is 4.00. The van der Waals surface area contributed by atoms with E-state index in [-0.39, 0.29) is 11.8 Å². The van der Waals surface area contributed by atoms with E-state index >= 15 is 0 Å². The average molecular weight is 470 g/mol. The standard InChI is InChI=1S/C28H31N5O2/c1-5-32(6-2)14-15-33-17-20(24-22(31(3)4)12-9-13-23(24)33)26-25(27(34)30-28(26)35)19-16-29-21-11-8-7-10-18(19)21/h7-13,16-17,29H,5-6,14-15H2,1-4H3,(H,30,34,35). The van der Waals surface area contributed by atoms with Crippen LogP contribution in [0.15, 0.2) is 54.9 Å². The number of anilines is 1. The maximum absolute atomic E-state index is 13.3. The van der Waals surface area contributed by atoms with Crippen molar-refractivity contribution >= 4 is 50.5 Å². The van der Waals surface area contributed by atoms with E-state index in [9.17, 15) is 9.59 Å². The number of nitrogens with one attached hydrogen (secondary N) is 2. The van der Waals surface area contributed by atoms with E-state index < -0.39 is 0 Å². The summed E-state index contributed by atoms with van der Waals surface area (Å²) in [5.74, 6) is -0.715. The fourth-order valence-electron chi connectivity index (χ4n) is 5.12. The molecule has 0 bridgehead atoms. The molecule has 4 aromatic rings. The zero-order valence-electron chi connectivity index (χ0n) is 20.7. The molecule has 0 unspecified atom stereocenters. The van der Waals surface area contributed by atoms with E-state index in [1.807, 2.05) is 56.8 Å². The molecule has 7 nitrogen and oxygen atoms in total. The molecule has 7 heteroatoms. The Morgan fingerprint density at radius 3 is 2.31 bits per heavy atom. The number of nitrogens with zero attached hydrogens (tertiary/aromatic N) is 3. The molecule has 2 amide bonds. The minimum atomic E-state index is -0.360. The quantitative estimate of drug-likeness (QED) is 0.381. The van der Waals surface area contributed by atoms with E-state index in [0.717, 1.165) is 64.8 Å². The van der Waals surface area contributed by atoms with Crippen molar-refractivity contribution in [2.24, 2.45) is 0 Å². The number of fused-ring (bicyclic) bond motifs is 2. The van der Waals surface area contributed by atoms with Crippen molar-refractivity contribution in [1.29, 1.82) is 0 Å². The van der Waals surface area contributed by atoms with Gasteiger partial charge in [-0.15, -0.1) is 0 Å². The molecule has 35 heavy (non-hydrogen) atoms. The van der Waals surface area contributed by atoms with E-state index in [4.69, 9.17) is 0 Å². The lowest BCUT2D eigenvalue weighted by atomic mass is 9.95. The SMILES string of the molecule is CCN(CC)CCn1cc(C2=C(c3c[nH]c4ccccc34)C(=O)NC2=O)c2c(N(C)C)cccc21. The summed E-state index contributed by atoms with van der Waals surface area (Å²) in [5.41, 5.74) is 5.37. The number of aromatic amines is 1. The summed E-state index contributed by atoms with van der Waals surface area (Å²) in [5, 5.41) is 4.46. The smallest absolute Gasteiger partial charge is 0.259 e. The Morgan fingerprint density at radius 2 is 1.60 bits per heavy atom. The molecule has 0 aliphatic carbocycles. The molecule has 0 atom stereocenters. The first kappa shape index (κ1) is 22.9. The number of imide groups is 1. The highest BCUT2D eigenvalue weighted by atomic mass is 16.2. The van der Waals surface area contributed by atoms with Crippen molar-refractivity contribution in [2.75, 3.05) is 38.6 Å². The van der Waals surface area contributed by atoms with Crippen LogP contribution in [0.4, 0.5) is 5.69 Å². The molecule has 2 aromatic heterocycles. The van der Waals surface area contributed by atoms with Crippen LogP contribution in [0.2, 0.25) is 0 Å². The second-order valence-electron chi connectivity index (χ2n) is 9.11. The predicted octanol–water partition coefficient (Wildman–Crippen LogP) is 4.10. The molecule has 180 valence electrons. The number of hydrogen-bond acceptors (Lipinski definition) is 4. The van der Waals surface area contributed by atoms with Gasteiger partial charge in [-0.3, -0.25) is 14.9 Å². The Labute approximate surface area is 205 Å². The molecule has 5 rings (SSSR count). The number of carbonyl (C=O) groups is 2. The van der Waals surface area contributed by atoms with Crippen LogP contribution in [0.3, 0.4) is 0 Å². The molecule has 0 fully saturated rings. The van der Waals surface area contributed by atoms with E-state index in [2.05, 4.69) is 50.6 Å². The number of carbonyl (C=O) groups excluding carboxylic acids is 2. The van der Waals surface area contributed by atoms with Crippen molar-refractivity contribution in [3.63, 3.8) is 0 Å². The maximum Gasteiger partial charge on any atom is 0.259 e. The molecular weight excluding hydrogens is 438 g/mol. The van der Waals surface area contributed by atoms with Crippen molar-refractivity contribution in [3.8, 4) is 0 Å². The van der Waals surface area contributed by atoms with Crippen LogP contribution in [0.5, 0.6) is 0 Å². The van der Waals surface area contributed by atoms with Gasteiger partial charge in [0.25, 0.3) is 11.8 Å². The van der Waals surface area contributed by atoms with Gasteiger partial charge in [0.1, 0.15) is 0 Å². The summed E-state index contributed by atoms with van der Waals surface area (Å²) in [6, 6.07) is 14.0. The third-order valence-corrected chi connectivity index (χ3v) is 6.98. The van der Waals surface area contributed by atoms with Gasteiger partial charge in [-0.2, -0.15) is 0 Å². The highest BCUT2D eigenvalue weighted by molar-refractivity contribution is 6.51. The van der Waals surface area contributed by atoms with Gasteiger partial charge >= 0.3 is 0 Å². The largest absolute Gasteiger partial charge is 0.377 e. The lowest BCUT2D eigenvalue weighted by Crippen LogP contribution is -2.26. The predicted molar refractivity (Wildman–Crippen MR) is 142 cm³/mol. The minimum absolute atomic E-state index is 0.355. The van der Waals surface area contributed by atoms with Gasteiger partial charge in [-0.05, 0) is 31.3 Å². The zero-order valence-corrected chi connectivity index (χ0v) is 20.7. The lowest BCUT2D eigenvalue weighted by molar-refractivity contribution is -0.122. The highest BCUT2D eigenvalue weighted by Gasteiger charge is 2.35. The normalized spacial score (nSPS) is 14.1. The first-order valence-electron chi connectivity index (χ1n) is 12.1. The second kappa shape index (κ2) is 9.07. The maximum atomic E-state index is 13.3. The number of H-pyrrole nitrogens is 1. The summed E-state index contributed by atoms with van der Waals surface area (Å²) in [6.07, 6.45) is 3.87. The van der Waals surface area contributed by atoms with Crippen LogP contribution >= 0.6 is 0 Å². The van der Waals surface area contributed by atoms with Gasteiger partial charge in [0.05, 0.1) is 16.7 Å². The van der Waals surface area contributed by atoms with Crippen molar-refractivity contribution in [3.05, 3.63) is 66.0 Å². The number of amides is 2. The molecular formula is C28H31N5O2. The van der Waals surface area contributed by atoms with Crippen LogP contribution in [0.25, 0.3) is 33.0 Å². The number of rotatable bonds is 8. The van der Waals surface area contributed by atoms with Crippen molar-refractivity contribution < 1.29 is 9.59 Å². The molecule has 0 spiro atoms. The number of para-hydroxylation sites is 1. The topological polar surface area (TPSA) is 73.4 Å². The fraction of sp³-hybridized carbons (Fsp3) is 0.286. The van der Waals surface area contributed by atoms with Crippen LogP contribution in [-0.4, -0.2) is 60.0 Å². The molecule has 2 aromatic carbocycles. The molecule has 1 aliphatic heterocycles. The van der Waals surface area contributed by atoms with Gasteiger partial charge in [0.15, 0.2) is 0 Å². The van der Waals surface area contributed by atoms with E-state index in [1.165, 1.54) is 0 Å². The molecule has 2 N–H and O–H groups in total. The van der Waals surface area contributed by atoms with Crippen LogP contribution in [0, 0.1) is 0 Å². The zero-order chi connectivity index (χ0) is 24.7. The Bertz CT molecular complexity index is 1470. The fourth-order valence-corrected chi connectivity index (χ4v) is 5.12. The van der Waals surface area contributed by atoms with E-state index in [0.29, 0.717) is 11.1 Å². The Morgan fingerprint density at radius 1 is 0.886 bits per heavy atom. The third-order valence-electron chi connectivity index (χ3n) is 6.98. The van der Waals surface area contributed by atoms with Crippen LogP contribution in [0.1, 0.15) is 25.0 Å². The van der Waals surface area contributed by atoms with Gasteiger partial charge in [0, 0.05) is 72.7 Å². The number of benzene rings is 2. The molecule has 1 aliphatic rings. The Hall–Kier alpha value is -3.84. The summed E-state index contributed by atoms with van der Waals surface area (Å²) < 4.78 is 2.21. The molecule has 3 heterocycles. The van der Waals surface area contributed by atoms with Crippen molar-refractivity contribution in [1.82, 2.24) is 19.8 Å². The Kier molecular flexibility index (Phi) is 5.94. The van der Waals surface area contributed by atoms with Gasteiger partial charge in [0.2, 0.25) is 0 Å². The molecule has 0 radical (unpaired) electrons. The third kappa shape index (κ3) is 3.82. The van der Waals surface area contributed by atoms with Crippen LogP contribution in [-0.2, 0) is 16.1 Å². The lowest BCUT2D eigenvalue weighted by Gasteiger charge is -2.19. The summed E-state index contributed by atoms with van der Waals surface area (Å²) in [6.45, 7) is 8.00. The monoisotopic (exact) mass is 469 g/mol. The summed E-state index contributed by atoms with van der Waals surface area (Å²) >= 11 is 0. The first-order chi connectivity index (χ1) is 16.9. The first-order valence-corrected chi connectivity index (χ1v) is 12.1. The summed E-state index contributed by atoms with van der Waals surface area (Å²) in [4.78, 5) is 34.1. The highest BCUT2D eigenvalue weighted by Crippen LogP contribution is 2.41. The van der Waals surface area contributed by atoms with Gasteiger partial charge < -0.3 is 19.4 Å². The second-order valence-corrected chi connectivity index (χ2v) is 9.11. The minimum Gasteiger partial charge on any atom is -0.377 e. The van der Waals surface area contributed by atoms with E-state index in [1.54, 1.807) is 0 Å². The van der Waals surface area contributed by atoms with Crippen LogP contribution < -0.4 is 10.2 Å². The number of aromatic nitrogens is 2. The van der Waals surface area contributed by atoms with Gasteiger partial charge in [-0.1, -0.05) is 38.1 Å². The number of likely N-dealkylation sites (N-methyl/N-ethyl adjacent to an activating group) is 1. The van der Waals surface area contributed by atoms with Gasteiger partial charge in [-0.25, -0.2) is 0 Å². The Balaban J connectivity index is 1.77. The molecule has 0 saturated carbocycles. The van der Waals surface area contributed by atoms with Crippen molar-refractivity contribution in [2.45, 2.75) is 20.4 Å². The molecule has 0 saturated heterocycles.